The van der Waals surface area contributed by atoms with E-state index in [4.69, 9.17) is 23.8 Å². The molecular formula is C21H15ClN2O4S2. The highest BCUT2D eigenvalue weighted by Gasteiger charge is 2.44. The smallest absolute Gasteiger partial charge is 0.326 e. The van der Waals surface area contributed by atoms with E-state index in [1.807, 2.05) is 24.3 Å². The summed E-state index contributed by atoms with van der Waals surface area (Å²) >= 11 is 12.5. The summed E-state index contributed by atoms with van der Waals surface area (Å²) in [5.74, 6) is -2.09. The summed E-state index contributed by atoms with van der Waals surface area (Å²) in [6, 6.07) is 13.3. The Morgan fingerprint density at radius 3 is 2.50 bits per heavy atom. The molecule has 1 saturated heterocycles. The molecule has 1 N–H and O–H groups in total. The summed E-state index contributed by atoms with van der Waals surface area (Å²) in [7, 11) is 0. The summed E-state index contributed by atoms with van der Waals surface area (Å²) in [6.07, 6.45) is 0. The number of aliphatic carboxylic acids is 1. The third-order valence-corrected chi connectivity index (χ3v) is 6.75. The summed E-state index contributed by atoms with van der Waals surface area (Å²) in [6.45, 7) is 1.62. The van der Waals surface area contributed by atoms with Gasteiger partial charge in [0.2, 0.25) is 0 Å². The van der Waals surface area contributed by atoms with E-state index in [1.165, 1.54) is 6.92 Å². The van der Waals surface area contributed by atoms with Crippen LogP contribution in [0.5, 0.6) is 0 Å². The van der Waals surface area contributed by atoms with Crippen LogP contribution < -0.4 is 4.90 Å². The van der Waals surface area contributed by atoms with Crippen molar-refractivity contribution in [2.45, 2.75) is 19.5 Å². The number of amides is 2. The summed E-state index contributed by atoms with van der Waals surface area (Å²) in [5, 5.41) is 9.84. The number of thiocarbonyl (C=S) groups is 1. The van der Waals surface area contributed by atoms with Gasteiger partial charge in [0.05, 0.1) is 22.7 Å². The second kappa shape index (κ2) is 7.86. The molecule has 2 amide bonds. The molecule has 0 unspecified atom stereocenters. The van der Waals surface area contributed by atoms with E-state index < -0.39 is 17.9 Å². The fourth-order valence-electron chi connectivity index (χ4n) is 3.43. The number of carbonyl (C=O) groups excluding carboxylic acids is 2. The average molecular weight is 459 g/mol. The van der Waals surface area contributed by atoms with Crippen molar-refractivity contribution in [1.29, 1.82) is 0 Å². The maximum atomic E-state index is 13.4. The van der Waals surface area contributed by atoms with Crippen molar-refractivity contribution >= 4 is 68.9 Å². The zero-order valence-electron chi connectivity index (χ0n) is 15.7. The van der Waals surface area contributed by atoms with Crippen LogP contribution in [0.4, 0.5) is 5.69 Å². The Morgan fingerprint density at radius 1 is 1.13 bits per heavy atom. The number of hydrogen-bond donors (Lipinski definition) is 1. The minimum Gasteiger partial charge on any atom is -0.480 e. The highest BCUT2D eigenvalue weighted by Crippen LogP contribution is 2.45. The van der Waals surface area contributed by atoms with Crippen molar-refractivity contribution in [2.24, 2.45) is 0 Å². The molecule has 0 aliphatic carbocycles. The molecule has 0 spiro atoms. The third-order valence-electron chi connectivity index (χ3n) is 4.98. The Morgan fingerprint density at radius 2 is 1.80 bits per heavy atom. The Labute approximate surface area is 187 Å². The van der Waals surface area contributed by atoms with Gasteiger partial charge < -0.3 is 10.0 Å². The van der Waals surface area contributed by atoms with Crippen molar-refractivity contribution in [2.75, 3.05) is 4.90 Å². The lowest BCUT2D eigenvalue weighted by Gasteiger charge is -2.19. The number of carbonyl (C=O) groups is 3. The average Bonchev–Trinajstić information content (AvgIpc) is 3.15. The number of nitrogens with zero attached hydrogens (tertiary/aromatic N) is 2. The molecule has 1 atom stereocenters. The molecule has 4 rings (SSSR count). The largest absolute Gasteiger partial charge is 0.480 e. The van der Waals surface area contributed by atoms with Crippen LogP contribution in [0.3, 0.4) is 0 Å². The quantitative estimate of drug-likeness (QED) is 0.552. The van der Waals surface area contributed by atoms with Gasteiger partial charge in [-0.1, -0.05) is 72.0 Å². The van der Waals surface area contributed by atoms with E-state index in [9.17, 15) is 19.5 Å². The number of hydrogen-bond acceptors (Lipinski definition) is 5. The first-order valence-electron chi connectivity index (χ1n) is 8.98. The number of fused-ring (bicyclic) bond motifs is 1. The van der Waals surface area contributed by atoms with Gasteiger partial charge in [0, 0.05) is 10.6 Å². The Hall–Kier alpha value is -2.68. The number of rotatable bonds is 4. The van der Waals surface area contributed by atoms with Crippen molar-refractivity contribution < 1.29 is 19.5 Å². The molecule has 2 aliphatic rings. The van der Waals surface area contributed by atoms with E-state index >= 15 is 0 Å². The van der Waals surface area contributed by atoms with Gasteiger partial charge in [-0.2, -0.15) is 0 Å². The van der Waals surface area contributed by atoms with Crippen LogP contribution in [0.25, 0.3) is 5.57 Å². The summed E-state index contributed by atoms with van der Waals surface area (Å²) in [4.78, 5) is 40.6. The first kappa shape index (κ1) is 20.6. The second-order valence-corrected chi connectivity index (χ2v) is 8.81. The van der Waals surface area contributed by atoms with Crippen LogP contribution in [0.2, 0.25) is 5.02 Å². The van der Waals surface area contributed by atoms with Crippen molar-refractivity contribution in [3.05, 3.63) is 69.6 Å². The fourth-order valence-corrected chi connectivity index (χ4v) is 5.11. The lowest BCUT2D eigenvalue weighted by Crippen LogP contribution is -2.41. The Balaban J connectivity index is 1.79. The number of benzene rings is 2. The number of thioether (sulfide) groups is 1. The van der Waals surface area contributed by atoms with Crippen LogP contribution in [-0.4, -0.2) is 38.2 Å². The molecule has 0 bridgehead atoms. The number of halogens is 1. The maximum absolute atomic E-state index is 13.4. The minimum absolute atomic E-state index is 0.118. The topological polar surface area (TPSA) is 77.9 Å². The van der Waals surface area contributed by atoms with Gasteiger partial charge >= 0.3 is 5.97 Å². The van der Waals surface area contributed by atoms with Gasteiger partial charge in [0.15, 0.2) is 0 Å². The monoisotopic (exact) mass is 458 g/mol. The standard InChI is InChI=1S/C21H15ClN2O4S2/c1-11(20(27)28)24-19(26)17(30-21(24)29)16-13-7-3-5-9-15(13)23(18(16)25)10-12-6-2-4-8-14(12)22/h2-9,11H,10H2,1H3,(H,27,28)/b17-16-/t11-/m1/s1. The number of anilines is 1. The molecule has 9 heteroatoms. The van der Waals surface area contributed by atoms with Crippen molar-refractivity contribution in [3.63, 3.8) is 0 Å². The lowest BCUT2D eigenvalue weighted by atomic mass is 10.1. The predicted molar refractivity (Wildman–Crippen MR) is 120 cm³/mol. The molecule has 6 nitrogen and oxygen atoms in total. The molecule has 2 aromatic carbocycles. The molecule has 0 aromatic heterocycles. The predicted octanol–water partition coefficient (Wildman–Crippen LogP) is 3.93. The minimum atomic E-state index is -1.17. The van der Waals surface area contributed by atoms with Crippen LogP contribution in [0, 0.1) is 0 Å². The molecule has 0 radical (unpaired) electrons. The van der Waals surface area contributed by atoms with Gasteiger partial charge in [0.25, 0.3) is 11.8 Å². The van der Waals surface area contributed by atoms with Gasteiger partial charge in [-0.15, -0.1) is 0 Å². The molecule has 2 heterocycles. The summed E-state index contributed by atoms with van der Waals surface area (Å²) in [5.41, 5.74) is 2.28. The molecule has 30 heavy (non-hydrogen) atoms. The van der Waals surface area contributed by atoms with Crippen LogP contribution in [0.15, 0.2) is 53.4 Å². The van der Waals surface area contributed by atoms with E-state index in [1.54, 1.807) is 29.2 Å². The van der Waals surface area contributed by atoms with Crippen LogP contribution in [0.1, 0.15) is 18.1 Å². The first-order chi connectivity index (χ1) is 14.3. The Kier molecular flexibility index (Phi) is 5.40. The van der Waals surface area contributed by atoms with E-state index in [-0.39, 0.29) is 27.3 Å². The highest BCUT2D eigenvalue weighted by molar-refractivity contribution is 8.26. The number of carboxylic acid groups (broad SMARTS) is 1. The fraction of sp³-hybridized carbons (Fsp3) is 0.143. The third kappa shape index (κ3) is 3.30. The van der Waals surface area contributed by atoms with Crippen molar-refractivity contribution in [1.82, 2.24) is 4.90 Å². The number of para-hydroxylation sites is 1. The van der Waals surface area contributed by atoms with Gasteiger partial charge in [-0.25, -0.2) is 4.79 Å². The number of carboxylic acids is 1. The highest BCUT2D eigenvalue weighted by atomic mass is 35.5. The maximum Gasteiger partial charge on any atom is 0.326 e. The SMILES string of the molecule is C[C@H](C(=O)O)N1C(=O)/C(=C2/C(=O)N(Cc3ccccc3Cl)c3ccccc32)SC1=S. The van der Waals surface area contributed by atoms with E-state index in [2.05, 4.69) is 0 Å². The van der Waals surface area contributed by atoms with Crippen molar-refractivity contribution in [3.8, 4) is 0 Å². The van der Waals surface area contributed by atoms with Crippen LogP contribution in [-0.2, 0) is 20.9 Å². The van der Waals surface area contributed by atoms with Gasteiger partial charge in [0.1, 0.15) is 10.4 Å². The van der Waals surface area contributed by atoms with Gasteiger partial charge in [-0.3, -0.25) is 14.5 Å². The molecule has 0 saturated carbocycles. The molecular weight excluding hydrogens is 444 g/mol. The molecule has 2 aliphatic heterocycles. The Bertz CT molecular complexity index is 1150. The normalized spacial score (nSPS) is 19.5. The summed E-state index contributed by atoms with van der Waals surface area (Å²) < 4.78 is 0.118. The molecule has 152 valence electrons. The first-order valence-corrected chi connectivity index (χ1v) is 10.6. The van der Waals surface area contributed by atoms with Gasteiger partial charge in [-0.05, 0) is 24.6 Å². The van der Waals surface area contributed by atoms with E-state index in [0.717, 1.165) is 22.2 Å². The molecule has 2 aromatic rings. The molecule has 1 fully saturated rings. The van der Waals surface area contributed by atoms with Crippen LogP contribution >= 0.6 is 35.6 Å². The van der Waals surface area contributed by atoms with E-state index in [0.29, 0.717) is 16.3 Å². The zero-order chi connectivity index (χ0) is 21.6. The lowest BCUT2D eigenvalue weighted by molar-refractivity contribution is -0.144. The zero-order valence-corrected chi connectivity index (χ0v) is 18.1. The second-order valence-electron chi connectivity index (χ2n) is 6.76.